The van der Waals surface area contributed by atoms with E-state index in [1.807, 2.05) is 7.05 Å². The Morgan fingerprint density at radius 3 is 2.16 bits per heavy atom. The topological polar surface area (TPSA) is 35.7 Å². The molecule has 4 nitrogen and oxygen atoms in total. The zero-order valence-corrected chi connectivity index (χ0v) is 18.9. The number of ether oxygens (including phenoxy) is 1. The number of benzene rings is 1. The number of aliphatic hydroxyl groups is 1. The third-order valence-electron chi connectivity index (χ3n) is 5.85. The molecule has 1 aliphatic heterocycles. The molecule has 0 aliphatic carbocycles. The number of alkyl halides is 6. The summed E-state index contributed by atoms with van der Waals surface area (Å²) in [5.41, 5.74) is -6.39. The molecule has 1 aromatic rings. The molecular formula is C22H31F6N2O2+. The predicted octanol–water partition coefficient (Wildman–Crippen LogP) is 5.05. The Balaban J connectivity index is 2.08. The van der Waals surface area contributed by atoms with Crippen LogP contribution in [0.4, 0.5) is 26.3 Å². The zero-order valence-electron chi connectivity index (χ0n) is 18.9. The van der Waals surface area contributed by atoms with Gasteiger partial charge in [-0.25, -0.2) is 0 Å². The van der Waals surface area contributed by atoms with Crippen molar-refractivity contribution < 1.29 is 40.8 Å². The van der Waals surface area contributed by atoms with Crippen LogP contribution < -0.4 is 4.74 Å². The lowest BCUT2D eigenvalue weighted by Gasteiger charge is -2.34. The lowest BCUT2D eigenvalue weighted by molar-refractivity contribution is -0.521. The molecule has 0 atom stereocenters. The molecule has 0 amide bonds. The van der Waals surface area contributed by atoms with E-state index < -0.39 is 29.4 Å². The molecule has 1 aromatic carbocycles. The molecule has 1 heterocycles. The lowest BCUT2D eigenvalue weighted by Crippen LogP contribution is -2.54. The standard InChI is InChI=1S/C22H31F6N2O2/c1-15(2)17-12-16(8-9-18(17)20(31,21(23,24)25)22(26,27)28)32-11-7-6-10-30-13-19(3,4)29(5)14-30/h8-9,12,14-15,31H,6-7,10-11,13H2,1-5H3/q+1. The van der Waals surface area contributed by atoms with E-state index in [2.05, 4.69) is 29.7 Å². The fraction of sp³-hybridized carbons (Fsp3) is 0.682. The first kappa shape index (κ1) is 26.3. The average Bonchev–Trinajstić information content (AvgIpc) is 2.90. The highest BCUT2D eigenvalue weighted by Gasteiger charge is 2.72. The van der Waals surface area contributed by atoms with Crippen LogP contribution >= 0.6 is 0 Å². The van der Waals surface area contributed by atoms with Crippen LogP contribution in [0.5, 0.6) is 5.75 Å². The zero-order chi connectivity index (χ0) is 24.5. The molecule has 0 saturated carbocycles. The van der Waals surface area contributed by atoms with Crippen LogP contribution in [0.2, 0.25) is 0 Å². The van der Waals surface area contributed by atoms with E-state index in [0.717, 1.165) is 31.6 Å². The number of hydrogen-bond donors (Lipinski definition) is 1. The third kappa shape index (κ3) is 5.32. The minimum Gasteiger partial charge on any atom is -0.494 e. The van der Waals surface area contributed by atoms with E-state index in [4.69, 9.17) is 4.74 Å². The van der Waals surface area contributed by atoms with Gasteiger partial charge in [-0.1, -0.05) is 19.9 Å². The van der Waals surface area contributed by atoms with Gasteiger partial charge in [0.05, 0.1) is 20.2 Å². The highest BCUT2D eigenvalue weighted by molar-refractivity contribution is 5.51. The van der Waals surface area contributed by atoms with Crippen LogP contribution in [-0.2, 0) is 5.60 Å². The molecule has 0 saturated heterocycles. The van der Waals surface area contributed by atoms with Crippen molar-refractivity contribution in [1.82, 2.24) is 4.90 Å². The Morgan fingerprint density at radius 2 is 1.69 bits per heavy atom. The molecule has 1 aliphatic rings. The number of nitrogens with zero attached hydrogens (tertiary/aromatic N) is 2. The Bertz CT molecular complexity index is 817. The summed E-state index contributed by atoms with van der Waals surface area (Å²) in [5.74, 6) is -0.534. The second-order valence-corrected chi connectivity index (χ2v) is 9.17. The lowest BCUT2D eigenvalue weighted by atomic mass is 9.84. The SMILES string of the molecule is CC(C)c1cc(OCCCC[N+]2=CN(C)C(C)(C)C2)ccc1C(O)(C(F)(F)F)C(F)(F)F. The van der Waals surface area contributed by atoms with Gasteiger partial charge in [0.1, 0.15) is 17.8 Å². The van der Waals surface area contributed by atoms with Gasteiger partial charge in [0.2, 0.25) is 6.34 Å². The highest BCUT2D eigenvalue weighted by Crippen LogP contribution is 2.52. The first-order valence-corrected chi connectivity index (χ1v) is 10.5. The maximum Gasteiger partial charge on any atom is 0.430 e. The smallest absolute Gasteiger partial charge is 0.430 e. The molecule has 0 fully saturated rings. The summed E-state index contributed by atoms with van der Waals surface area (Å²) in [6.07, 6.45) is -8.31. The normalized spacial score (nSPS) is 17.2. The largest absolute Gasteiger partial charge is 0.494 e. The first-order chi connectivity index (χ1) is 14.5. The van der Waals surface area contributed by atoms with Gasteiger partial charge in [0, 0.05) is 5.56 Å². The first-order valence-electron chi connectivity index (χ1n) is 10.5. The summed E-state index contributed by atoms with van der Waals surface area (Å²) < 4.78 is 87.6. The van der Waals surface area contributed by atoms with Gasteiger partial charge in [-0.15, -0.1) is 0 Å². The molecule has 182 valence electrons. The maximum absolute atomic E-state index is 13.3. The summed E-state index contributed by atoms with van der Waals surface area (Å²) in [5, 5.41) is 9.78. The van der Waals surface area contributed by atoms with Crippen molar-refractivity contribution in [3.05, 3.63) is 29.3 Å². The number of hydrogen-bond acceptors (Lipinski definition) is 3. The molecule has 0 aromatic heterocycles. The molecule has 32 heavy (non-hydrogen) atoms. The molecule has 0 unspecified atom stereocenters. The monoisotopic (exact) mass is 469 g/mol. The van der Waals surface area contributed by atoms with Crippen molar-refractivity contribution in [3.63, 3.8) is 0 Å². The Labute approximate surface area is 184 Å². The fourth-order valence-electron chi connectivity index (χ4n) is 3.70. The van der Waals surface area contributed by atoms with Crippen molar-refractivity contribution in [3.8, 4) is 5.75 Å². The van der Waals surface area contributed by atoms with Gasteiger partial charge in [0.15, 0.2) is 0 Å². The summed E-state index contributed by atoms with van der Waals surface area (Å²) in [6, 6.07) is 2.84. The Hall–Kier alpha value is -1.97. The summed E-state index contributed by atoms with van der Waals surface area (Å²) >= 11 is 0. The molecular weight excluding hydrogens is 438 g/mol. The number of rotatable bonds is 8. The summed E-state index contributed by atoms with van der Waals surface area (Å²) in [7, 11) is 2.01. The van der Waals surface area contributed by atoms with Gasteiger partial charge in [-0.2, -0.15) is 26.3 Å². The molecule has 10 heteroatoms. The van der Waals surface area contributed by atoms with Gasteiger partial charge in [-0.05, 0) is 50.3 Å². The van der Waals surface area contributed by atoms with Crippen molar-refractivity contribution in [2.24, 2.45) is 0 Å². The van der Waals surface area contributed by atoms with Crippen LogP contribution in [0.3, 0.4) is 0 Å². The highest BCUT2D eigenvalue weighted by atomic mass is 19.4. The van der Waals surface area contributed by atoms with Gasteiger partial charge < -0.3 is 9.84 Å². The average molecular weight is 469 g/mol. The van der Waals surface area contributed by atoms with Crippen molar-refractivity contribution in [1.29, 1.82) is 0 Å². The molecule has 2 rings (SSSR count). The third-order valence-corrected chi connectivity index (χ3v) is 5.85. The van der Waals surface area contributed by atoms with E-state index in [9.17, 15) is 31.4 Å². The van der Waals surface area contributed by atoms with Crippen LogP contribution in [0.25, 0.3) is 0 Å². The van der Waals surface area contributed by atoms with E-state index >= 15 is 0 Å². The van der Waals surface area contributed by atoms with E-state index in [0.29, 0.717) is 12.5 Å². The van der Waals surface area contributed by atoms with Crippen LogP contribution in [-0.4, -0.2) is 65.6 Å². The van der Waals surface area contributed by atoms with Gasteiger partial charge >= 0.3 is 12.4 Å². The van der Waals surface area contributed by atoms with E-state index in [1.165, 1.54) is 13.8 Å². The van der Waals surface area contributed by atoms with Crippen LogP contribution in [0.1, 0.15) is 57.6 Å². The fourth-order valence-corrected chi connectivity index (χ4v) is 3.70. The van der Waals surface area contributed by atoms with Gasteiger partial charge in [0.25, 0.3) is 5.60 Å². The molecule has 0 radical (unpaired) electrons. The maximum atomic E-state index is 13.3. The van der Waals surface area contributed by atoms with Gasteiger partial charge in [-0.3, -0.25) is 9.48 Å². The second-order valence-electron chi connectivity index (χ2n) is 9.17. The van der Waals surface area contributed by atoms with E-state index in [-0.39, 0.29) is 23.5 Å². The summed E-state index contributed by atoms with van der Waals surface area (Å²) in [6.45, 7) is 9.18. The summed E-state index contributed by atoms with van der Waals surface area (Å²) in [4.78, 5) is 2.14. The number of halogens is 6. The molecule has 0 spiro atoms. The quantitative estimate of drug-likeness (QED) is 0.329. The van der Waals surface area contributed by atoms with Crippen LogP contribution in [0, 0.1) is 0 Å². The van der Waals surface area contributed by atoms with Crippen molar-refractivity contribution >= 4 is 6.34 Å². The number of unbranched alkanes of at least 4 members (excludes halogenated alkanes) is 1. The van der Waals surface area contributed by atoms with Crippen LogP contribution in [0.15, 0.2) is 18.2 Å². The molecule has 1 N–H and O–H groups in total. The van der Waals surface area contributed by atoms with Crippen molar-refractivity contribution in [2.75, 3.05) is 26.7 Å². The van der Waals surface area contributed by atoms with Crippen molar-refractivity contribution in [2.45, 2.75) is 69.9 Å². The minimum absolute atomic E-state index is 0.0558. The second kappa shape index (κ2) is 9.11. The minimum atomic E-state index is -5.92. The Morgan fingerprint density at radius 1 is 1.09 bits per heavy atom. The predicted molar refractivity (Wildman–Crippen MR) is 109 cm³/mol. The molecule has 0 bridgehead atoms. The number of likely N-dealkylation sites (N-methyl/N-ethyl adjacent to an activating group) is 1. The van der Waals surface area contributed by atoms with E-state index in [1.54, 1.807) is 0 Å². The Kier molecular flexibility index (Phi) is 7.48.